The number of carbonyl (C=O) groups is 1. The van der Waals surface area contributed by atoms with E-state index < -0.39 is 5.97 Å². The molecule has 17 heavy (non-hydrogen) atoms. The number of rotatable bonds is 4. The number of hydrogen-bond acceptors (Lipinski definition) is 4. The van der Waals surface area contributed by atoms with Crippen molar-refractivity contribution in [2.24, 2.45) is 0 Å². The third kappa shape index (κ3) is 3.51. The van der Waals surface area contributed by atoms with Crippen molar-refractivity contribution in [2.75, 3.05) is 13.2 Å². The molecule has 0 aliphatic carbocycles. The van der Waals surface area contributed by atoms with Crippen molar-refractivity contribution in [2.45, 2.75) is 25.6 Å². The summed E-state index contributed by atoms with van der Waals surface area (Å²) in [5, 5.41) is 8.81. The zero-order valence-corrected chi connectivity index (χ0v) is 9.46. The average Bonchev–Trinajstić information content (AvgIpc) is 2.38. The van der Waals surface area contributed by atoms with Crippen LogP contribution in [0.4, 0.5) is 0 Å². The van der Waals surface area contributed by atoms with Crippen LogP contribution in [0, 0.1) is 0 Å². The van der Waals surface area contributed by atoms with E-state index in [-0.39, 0.29) is 11.8 Å². The molecule has 1 saturated heterocycles. The third-order valence-electron chi connectivity index (χ3n) is 2.70. The first-order valence-corrected chi connectivity index (χ1v) is 5.63. The highest BCUT2D eigenvalue weighted by Crippen LogP contribution is 2.13. The van der Waals surface area contributed by atoms with Gasteiger partial charge >= 0.3 is 5.97 Å². The molecule has 5 heteroatoms. The Morgan fingerprint density at radius 3 is 3.00 bits per heavy atom. The van der Waals surface area contributed by atoms with Crippen LogP contribution >= 0.6 is 0 Å². The predicted molar refractivity (Wildman–Crippen MR) is 59.8 cm³/mol. The van der Waals surface area contributed by atoms with Gasteiger partial charge in [0.25, 0.3) is 0 Å². The quantitative estimate of drug-likeness (QED) is 0.858. The van der Waals surface area contributed by atoms with Crippen molar-refractivity contribution >= 4 is 5.97 Å². The highest BCUT2D eigenvalue weighted by molar-refractivity contribution is 5.85. The summed E-state index contributed by atoms with van der Waals surface area (Å²) in [7, 11) is 0. The Labute approximate surface area is 99.4 Å². The van der Waals surface area contributed by atoms with E-state index in [0.29, 0.717) is 6.61 Å². The molecule has 0 spiro atoms. The van der Waals surface area contributed by atoms with Crippen LogP contribution in [0.2, 0.25) is 0 Å². The van der Waals surface area contributed by atoms with E-state index in [1.54, 1.807) is 12.1 Å². The summed E-state index contributed by atoms with van der Waals surface area (Å²) in [6.45, 7) is 1.90. The molecule has 0 radical (unpaired) electrons. The first-order valence-electron chi connectivity index (χ1n) is 5.63. The first-order chi connectivity index (χ1) is 8.25. The van der Waals surface area contributed by atoms with Crippen LogP contribution < -0.4 is 0 Å². The molecule has 92 valence electrons. The summed E-state index contributed by atoms with van der Waals surface area (Å²) in [6.07, 6.45) is 3.50. The van der Waals surface area contributed by atoms with Gasteiger partial charge in [-0.05, 0) is 30.5 Å². The minimum atomic E-state index is -1.02. The maximum absolute atomic E-state index is 10.7. The summed E-state index contributed by atoms with van der Waals surface area (Å²) >= 11 is 0. The standard InChI is InChI=1S/C12H15NO4/c14-12(15)11-7-9(1-4-13-11)8-17-10-2-5-16-6-3-10/h1,4,7,10H,2-3,5-6,8H2,(H,14,15). The maximum atomic E-state index is 10.7. The second-order valence-corrected chi connectivity index (χ2v) is 3.98. The zero-order valence-electron chi connectivity index (χ0n) is 9.46. The molecular weight excluding hydrogens is 222 g/mol. The van der Waals surface area contributed by atoms with Gasteiger partial charge in [-0.3, -0.25) is 0 Å². The monoisotopic (exact) mass is 237 g/mol. The molecule has 0 unspecified atom stereocenters. The Morgan fingerprint density at radius 2 is 2.29 bits per heavy atom. The highest BCUT2D eigenvalue weighted by Gasteiger charge is 2.14. The number of pyridine rings is 1. The molecule has 5 nitrogen and oxygen atoms in total. The maximum Gasteiger partial charge on any atom is 0.354 e. The molecule has 1 N–H and O–H groups in total. The van der Waals surface area contributed by atoms with Gasteiger partial charge in [-0.25, -0.2) is 9.78 Å². The molecule has 1 aliphatic heterocycles. The number of carboxylic acids is 1. The average molecular weight is 237 g/mol. The van der Waals surface area contributed by atoms with E-state index in [2.05, 4.69) is 4.98 Å². The second kappa shape index (κ2) is 5.75. The third-order valence-corrected chi connectivity index (χ3v) is 2.70. The SMILES string of the molecule is O=C(O)c1cc(COC2CCOCC2)ccn1. The summed E-state index contributed by atoms with van der Waals surface area (Å²) in [5.41, 5.74) is 0.891. The van der Waals surface area contributed by atoms with Gasteiger partial charge in [0.15, 0.2) is 0 Å². The number of nitrogens with zero attached hydrogens (tertiary/aromatic N) is 1. The van der Waals surface area contributed by atoms with E-state index in [1.165, 1.54) is 6.20 Å². The predicted octanol–water partition coefficient (Wildman–Crippen LogP) is 1.48. The summed E-state index contributed by atoms with van der Waals surface area (Å²) < 4.78 is 10.9. The molecular formula is C12H15NO4. The molecule has 1 aromatic heterocycles. The molecule has 0 bridgehead atoms. The van der Waals surface area contributed by atoms with Crippen molar-refractivity contribution in [3.63, 3.8) is 0 Å². The lowest BCUT2D eigenvalue weighted by Crippen LogP contribution is -2.23. The topological polar surface area (TPSA) is 68.7 Å². The lowest BCUT2D eigenvalue weighted by atomic mass is 10.1. The Morgan fingerprint density at radius 1 is 1.53 bits per heavy atom. The molecule has 0 amide bonds. The van der Waals surface area contributed by atoms with Crippen LogP contribution in [-0.2, 0) is 16.1 Å². The van der Waals surface area contributed by atoms with Gasteiger partial charge in [0.1, 0.15) is 5.69 Å². The van der Waals surface area contributed by atoms with Crippen molar-refractivity contribution < 1.29 is 19.4 Å². The van der Waals surface area contributed by atoms with Crippen molar-refractivity contribution in [3.8, 4) is 0 Å². The fraction of sp³-hybridized carbons (Fsp3) is 0.500. The van der Waals surface area contributed by atoms with E-state index in [0.717, 1.165) is 31.6 Å². The Bertz CT molecular complexity index is 388. The van der Waals surface area contributed by atoms with Gasteiger partial charge in [0.2, 0.25) is 0 Å². The van der Waals surface area contributed by atoms with Gasteiger partial charge in [-0.2, -0.15) is 0 Å². The smallest absolute Gasteiger partial charge is 0.354 e. The minimum Gasteiger partial charge on any atom is -0.477 e. The van der Waals surface area contributed by atoms with E-state index >= 15 is 0 Å². The fourth-order valence-corrected chi connectivity index (χ4v) is 1.74. The number of carboxylic acid groups (broad SMARTS) is 1. The number of aromatic carboxylic acids is 1. The molecule has 1 fully saturated rings. The van der Waals surface area contributed by atoms with Crippen molar-refractivity contribution in [1.29, 1.82) is 0 Å². The Balaban J connectivity index is 1.89. The molecule has 0 atom stereocenters. The second-order valence-electron chi connectivity index (χ2n) is 3.98. The molecule has 0 aromatic carbocycles. The largest absolute Gasteiger partial charge is 0.477 e. The lowest BCUT2D eigenvalue weighted by molar-refractivity contribution is -0.0390. The normalized spacial score (nSPS) is 16.9. The number of ether oxygens (including phenoxy) is 2. The van der Waals surface area contributed by atoms with Crippen LogP contribution in [0.15, 0.2) is 18.3 Å². The van der Waals surface area contributed by atoms with Gasteiger partial charge in [-0.1, -0.05) is 0 Å². The van der Waals surface area contributed by atoms with E-state index in [1.807, 2.05) is 0 Å². The molecule has 2 rings (SSSR count). The van der Waals surface area contributed by atoms with E-state index in [4.69, 9.17) is 14.6 Å². The summed E-state index contributed by atoms with van der Waals surface area (Å²) in [4.78, 5) is 14.5. The highest BCUT2D eigenvalue weighted by atomic mass is 16.5. The Kier molecular flexibility index (Phi) is 4.06. The number of hydrogen-bond donors (Lipinski definition) is 1. The van der Waals surface area contributed by atoms with Crippen molar-refractivity contribution in [1.82, 2.24) is 4.98 Å². The van der Waals surface area contributed by atoms with Crippen LogP contribution in [-0.4, -0.2) is 35.4 Å². The fourth-order valence-electron chi connectivity index (χ4n) is 1.74. The molecule has 1 aromatic rings. The van der Waals surface area contributed by atoms with Gasteiger partial charge in [0.05, 0.1) is 12.7 Å². The molecule has 1 aliphatic rings. The van der Waals surface area contributed by atoms with Crippen LogP contribution in [0.5, 0.6) is 0 Å². The molecule has 2 heterocycles. The van der Waals surface area contributed by atoms with E-state index in [9.17, 15) is 4.79 Å². The van der Waals surface area contributed by atoms with Gasteiger partial charge in [-0.15, -0.1) is 0 Å². The molecule has 0 saturated carbocycles. The summed E-state index contributed by atoms with van der Waals surface area (Å²) in [5.74, 6) is -1.02. The Hall–Kier alpha value is -1.46. The van der Waals surface area contributed by atoms with Gasteiger partial charge in [0, 0.05) is 19.4 Å². The first kappa shape index (κ1) is 12.0. The summed E-state index contributed by atoms with van der Waals surface area (Å²) in [6, 6.07) is 3.31. The van der Waals surface area contributed by atoms with Gasteiger partial charge < -0.3 is 14.6 Å². The lowest BCUT2D eigenvalue weighted by Gasteiger charge is -2.22. The van der Waals surface area contributed by atoms with Crippen LogP contribution in [0.1, 0.15) is 28.9 Å². The van der Waals surface area contributed by atoms with Crippen LogP contribution in [0.3, 0.4) is 0 Å². The number of aromatic nitrogens is 1. The van der Waals surface area contributed by atoms with Crippen molar-refractivity contribution in [3.05, 3.63) is 29.6 Å². The zero-order chi connectivity index (χ0) is 12.1. The minimum absolute atomic E-state index is 0.0538. The van der Waals surface area contributed by atoms with Crippen LogP contribution in [0.25, 0.3) is 0 Å².